The Morgan fingerprint density at radius 3 is 1.23 bits per heavy atom. The van der Waals surface area contributed by atoms with Crippen molar-refractivity contribution in [3.63, 3.8) is 0 Å². The minimum Gasteiger partial charge on any atom is -0.223 e. The van der Waals surface area contributed by atoms with Gasteiger partial charge in [-0.1, -0.05) is 27.7 Å². The highest BCUT2D eigenvalue weighted by Crippen LogP contribution is 2.66. The molecule has 0 bridgehead atoms. The molecule has 2 aromatic heterocycles. The Morgan fingerprint density at radius 2 is 0.971 bits per heavy atom. The van der Waals surface area contributed by atoms with E-state index >= 15 is 17.6 Å². The molecule has 35 heavy (non-hydrogen) atoms. The maximum Gasteiger partial charge on any atom is 0.380 e. The number of hydrogen-bond donors (Lipinski definition) is 0. The lowest BCUT2D eigenvalue weighted by atomic mass is 9.94. The minimum absolute atomic E-state index is 0.0765. The van der Waals surface area contributed by atoms with Gasteiger partial charge in [-0.25, -0.2) is 16.8 Å². The van der Waals surface area contributed by atoms with Crippen LogP contribution in [0.1, 0.15) is 48.6 Å². The van der Waals surface area contributed by atoms with E-state index in [1.54, 1.807) is 0 Å². The van der Waals surface area contributed by atoms with E-state index in [4.69, 9.17) is 0 Å². The fraction of sp³-hybridized carbons (Fsp3) is 0.524. The number of allylic oxidation sites excluding steroid dienone is 2. The molecule has 0 spiro atoms. The number of rotatable bonds is 8. The van der Waals surface area contributed by atoms with Gasteiger partial charge in [0.2, 0.25) is 0 Å². The molecular formula is C21H22F6O4S4. The van der Waals surface area contributed by atoms with E-state index in [0.29, 0.717) is 22.7 Å². The molecular weight excluding hydrogens is 558 g/mol. The van der Waals surface area contributed by atoms with Gasteiger partial charge in [0, 0.05) is 20.9 Å². The van der Waals surface area contributed by atoms with Crippen molar-refractivity contribution >= 4 is 53.5 Å². The molecule has 196 valence electrons. The topological polar surface area (TPSA) is 68.3 Å². The van der Waals surface area contributed by atoms with Crippen molar-refractivity contribution in [1.82, 2.24) is 0 Å². The fourth-order valence-electron chi connectivity index (χ4n) is 3.78. The Bertz CT molecular complexity index is 1290. The van der Waals surface area contributed by atoms with Crippen LogP contribution in [0.15, 0.2) is 20.6 Å². The fourth-order valence-corrected chi connectivity index (χ4v) is 8.94. The number of alkyl halides is 6. The summed E-state index contributed by atoms with van der Waals surface area (Å²) in [6.07, 6.45) is -0.161. The van der Waals surface area contributed by atoms with Crippen LogP contribution in [-0.4, -0.2) is 46.1 Å². The summed E-state index contributed by atoms with van der Waals surface area (Å²) in [5.41, 5.74) is -4.75. The van der Waals surface area contributed by atoms with Gasteiger partial charge < -0.3 is 0 Å². The van der Waals surface area contributed by atoms with E-state index in [2.05, 4.69) is 0 Å². The van der Waals surface area contributed by atoms with Gasteiger partial charge in [-0.2, -0.15) is 26.3 Å². The van der Waals surface area contributed by atoms with Crippen LogP contribution in [0.2, 0.25) is 0 Å². The minimum atomic E-state index is -5.84. The molecule has 0 N–H and O–H groups in total. The molecule has 0 saturated carbocycles. The van der Waals surface area contributed by atoms with Crippen molar-refractivity contribution in [3.05, 3.63) is 33.0 Å². The third-order valence-corrected chi connectivity index (χ3v) is 12.9. The number of hydrogen-bond acceptors (Lipinski definition) is 6. The molecule has 2 aromatic rings. The van der Waals surface area contributed by atoms with Crippen LogP contribution in [0.4, 0.5) is 26.3 Å². The molecule has 3 rings (SSSR count). The number of aryl methyl sites for hydroxylation is 2. The lowest BCUT2D eigenvalue weighted by Crippen LogP contribution is -2.49. The first-order chi connectivity index (χ1) is 15.9. The second-order valence-corrected chi connectivity index (χ2v) is 15.1. The van der Waals surface area contributed by atoms with E-state index in [0.717, 1.165) is 12.1 Å². The van der Waals surface area contributed by atoms with Crippen LogP contribution < -0.4 is 0 Å². The Hall–Kier alpha value is -1.38. The van der Waals surface area contributed by atoms with Crippen LogP contribution in [-0.2, 0) is 32.5 Å². The monoisotopic (exact) mass is 580 g/mol. The zero-order valence-electron chi connectivity index (χ0n) is 19.0. The molecule has 2 heterocycles. The number of halogens is 6. The maximum atomic E-state index is 15.2. The quantitative estimate of drug-likeness (QED) is 0.341. The molecule has 14 heteroatoms. The number of sulfone groups is 2. The van der Waals surface area contributed by atoms with Crippen molar-refractivity contribution in [2.45, 2.75) is 66.7 Å². The zero-order chi connectivity index (χ0) is 26.8. The van der Waals surface area contributed by atoms with E-state index in [9.17, 15) is 25.6 Å². The molecule has 0 amide bonds. The maximum absolute atomic E-state index is 15.2. The molecule has 0 fully saturated rings. The van der Waals surface area contributed by atoms with Gasteiger partial charge in [-0.15, -0.1) is 22.7 Å². The van der Waals surface area contributed by atoms with Crippen molar-refractivity contribution in [2.24, 2.45) is 0 Å². The van der Waals surface area contributed by atoms with Crippen molar-refractivity contribution in [3.8, 4) is 0 Å². The molecule has 0 atom stereocenters. The van der Waals surface area contributed by atoms with Crippen LogP contribution in [0.25, 0.3) is 11.1 Å². The molecule has 0 aliphatic heterocycles. The summed E-state index contributed by atoms with van der Waals surface area (Å²) < 4.78 is 139. The van der Waals surface area contributed by atoms with E-state index in [1.165, 1.54) is 27.7 Å². The van der Waals surface area contributed by atoms with Crippen molar-refractivity contribution in [1.29, 1.82) is 0 Å². The van der Waals surface area contributed by atoms with Gasteiger partial charge in [0.1, 0.15) is 8.42 Å². The first kappa shape index (κ1) is 28.2. The van der Waals surface area contributed by atoms with Gasteiger partial charge in [-0.05, 0) is 36.1 Å². The Kier molecular flexibility index (Phi) is 7.15. The predicted molar refractivity (Wildman–Crippen MR) is 125 cm³/mol. The Balaban J connectivity index is 2.52. The first-order valence-electron chi connectivity index (χ1n) is 10.5. The molecule has 0 unspecified atom stereocenters. The third kappa shape index (κ3) is 4.08. The summed E-state index contributed by atoms with van der Waals surface area (Å²) in [4.78, 5) is -0.153. The lowest BCUT2D eigenvalue weighted by Gasteiger charge is -2.25. The van der Waals surface area contributed by atoms with Crippen LogP contribution in [0.5, 0.6) is 0 Å². The summed E-state index contributed by atoms with van der Waals surface area (Å²) in [6, 6.07) is 1.48. The van der Waals surface area contributed by atoms with Crippen LogP contribution >= 0.6 is 22.7 Å². The van der Waals surface area contributed by atoms with Gasteiger partial charge in [0.25, 0.3) is 0 Å². The highest BCUT2D eigenvalue weighted by atomic mass is 32.2. The SMILES string of the molecule is CCc1sc(S(=O)(=O)CC)cc1C1=C(c2cc(S(=O)(=O)CC)sc2CC)C(F)(F)C(F)(F)C1(F)F. The molecule has 0 aromatic carbocycles. The summed E-state index contributed by atoms with van der Waals surface area (Å²) in [7, 11) is -7.90. The van der Waals surface area contributed by atoms with Crippen LogP contribution in [0.3, 0.4) is 0 Å². The lowest BCUT2D eigenvalue weighted by molar-refractivity contribution is -0.254. The van der Waals surface area contributed by atoms with Gasteiger partial charge >= 0.3 is 17.8 Å². The van der Waals surface area contributed by atoms with Gasteiger partial charge in [-0.3, -0.25) is 0 Å². The average Bonchev–Trinajstić information content (AvgIpc) is 3.43. The molecule has 1 aliphatic carbocycles. The highest BCUT2D eigenvalue weighted by Gasteiger charge is 2.80. The first-order valence-corrected chi connectivity index (χ1v) is 15.5. The normalized spacial score (nSPS) is 19.5. The standard InChI is InChI=1S/C21H22F6O4S4/c1-5-13-11(9-15(32-13)34(28,29)7-3)17-18(20(24,25)21(26,27)19(17,22)23)12-10-16(33-14(12)6-2)35(30,31)8-4/h9-10H,5-8H2,1-4H3. The summed E-state index contributed by atoms with van der Waals surface area (Å²) >= 11 is 1.12. The summed E-state index contributed by atoms with van der Waals surface area (Å²) in [6.45, 7) is 5.50. The molecule has 4 nitrogen and oxygen atoms in total. The van der Waals surface area contributed by atoms with E-state index < -0.39 is 79.6 Å². The second kappa shape index (κ2) is 8.88. The van der Waals surface area contributed by atoms with Crippen molar-refractivity contribution < 1.29 is 43.2 Å². The van der Waals surface area contributed by atoms with Crippen molar-refractivity contribution in [2.75, 3.05) is 11.5 Å². The summed E-state index contributed by atoms with van der Waals surface area (Å²) in [5.74, 6) is -17.4. The van der Waals surface area contributed by atoms with E-state index in [-0.39, 0.29) is 22.6 Å². The second-order valence-electron chi connectivity index (χ2n) is 7.79. The summed E-state index contributed by atoms with van der Waals surface area (Å²) in [5, 5.41) is 0. The Labute approximate surface area is 207 Å². The van der Waals surface area contributed by atoms with Gasteiger partial charge in [0.05, 0.1) is 11.5 Å². The Morgan fingerprint density at radius 1 is 0.657 bits per heavy atom. The van der Waals surface area contributed by atoms with Crippen LogP contribution in [0, 0.1) is 0 Å². The third-order valence-electron chi connectivity index (χ3n) is 5.79. The molecule has 0 radical (unpaired) electrons. The van der Waals surface area contributed by atoms with E-state index in [1.807, 2.05) is 0 Å². The average molecular weight is 581 g/mol. The predicted octanol–water partition coefficient (Wildman–Crippen LogP) is 6.35. The number of thiophene rings is 2. The van der Waals surface area contributed by atoms with Gasteiger partial charge in [0.15, 0.2) is 19.7 Å². The molecule has 0 saturated heterocycles. The smallest absolute Gasteiger partial charge is 0.223 e. The zero-order valence-corrected chi connectivity index (χ0v) is 22.3. The molecule has 1 aliphatic rings. The highest BCUT2D eigenvalue weighted by molar-refractivity contribution is 7.93. The largest absolute Gasteiger partial charge is 0.380 e.